The minimum Gasteiger partial charge on any atom is -0.493 e. The number of carbonyl (C=O) groups excluding carboxylic acids is 1. The van der Waals surface area contributed by atoms with Crippen molar-refractivity contribution < 1.29 is 23.4 Å². The van der Waals surface area contributed by atoms with Crippen LogP contribution in [0.15, 0.2) is 60.5 Å². The summed E-state index contributed by atoms with van der Waals surface area (Å²) < 4.78 is 24.2. The first-order valence-electron chi connectivity index (χ1n) is 10.0. The number of benzene rings is 1. The maximum Gasteiger partial charge on any atom is 0.338 e. The van der Waals surface area contributed by atoms with Gasteiger partial charge in [-0.15, -0.1) is 0 Å². The highest BCUT2D eigenvalue weighted by atomic mass is 79.9. The van der Waals surface area contributed by atoms with E-state index in [0.717, 1.165) is 0 Å². The molecule has 0 saturated heterocycles. The van der Waals surface area contributed by atoms with Gasteiger partial charge in [0.1, 0.15) is 5.76 Å². The Hall–Kier alpha value is -3.11. The van der Waals surface area contributed by atoms with Crippen molar-refractivity contribution in [2.24, 2.45) is 4.99 Å². The average molecular weight is 533 g/mol. The summed E-state index contributed by atoms with van der Waals surface area (Å²) in [5.41, 5.74) is 1.10. The fraction of sp³-hybridized carbons (Fsp3) is 0.261. The van der Waals surface area contributed by atoms with E-state index in [2.05, 4.69) is 20.9 Å². The number of hydrogen-bond donors (Lipinski definition) is 0. The second-order valence-electron chi connectivity index (χ2n) is 7.05. The first-order valence-corrected chi connectivity index (χ1v) is 11.6. The molecule has 1 atom stereocenters. The van der Waals surface area contributed by atoms with E-state index in [9.17, 15) is 9.59 Å². The van der Waals surface area contributed by atoms with E-state index in [1.54, 1.807) is 44.2 Å². The molecular weight excluding hydrogens is 512 g/mol. The zero-order valence-corrected chi connectivity index (χ0v) is 20.8. The van der Waals surface area contributed by atoms with Gasteiger partial charge < -0.3 is 18.6 Å². The fourth-order valence-corrected chi connectivity index (χ4v) is 5.23. The van der Waals surface area contributed by atoms with Gasteiger partial charge in [-0.2, -0.15) is 0 Å². The highest BCUT2D eigenvalue weighted by molar-refractivity contribution is 9.10. The van der Waals surface area contributed by atoms with Crippen molar-refractivity contribution in [3.8, 4) is 11.5 Å². The van der Waals surface area contributed by atoms with Gasteiger partial charge in [-0.3, -0.25) is 9.36 Å². The Balaban J connectivity index is 2.02. The Kier molecular flexibility index (Phi) is 6.57. The maximum atomic E-state index is 13.5. The Morgan fingerprint density at radius 3 is 2.67 bits per heavy atom. The molecule has 0 fully saturated rings. The number of methoxy groups -OCH3 is 2. The minimum absolute atomic E-state index is 0.193. The van der Waals surface area contributed by atoms with Gasteiger partial charge >= 0.3 is 5.97 Å². The molecule has 1 aliphatic rings. The van der Waals surface area contributed by atoms with E-state index in [4.69, 9.17) is 18.6 Å². The second-order valence-corrected chi connectivity index (χ2v) is 8.91. The van der Waals surface area contributed by atoms with E-state index in [-0.39, 0.29) is 17.7 Å². The molecule has 0 radical (unpaired) electrons. The third-order valence-electron chi connectivity index (χ3n) is 5.13. The smallest absolute Gasteiger partial charge is 0.338 e. The van der Waals surface area contributed by atoms with Crippen LogP contribution in [0.2, 0.25) is 0 Å². The van der Waals surface area contributed by atoms with Crippen LogP contribution in [0.1, 0.15) is 31.2 Å². The van der Waals surface area contributed by atoms with Crippen LogP contribution in [-0.2, 0) is 9.53 Å². The molecule has 0 spiro atoms. The average Bonchev–Trinajstić information content (AvgIpc) is 3.41. The summed E-state index contributed by atoms with van der Waals surface area (Å²) in [5.74, 6) is 0.985. The van der Waals surface area contributed by atoms with Crippen molar-refractivity contribution in [1.29, 1.82) is 0 Å². The summed E-state index contributed by atoms with van der Waals surface area (Å²) in [6, 6.07) is 6.21. The van der Waals surface area contributed by atoms with E-state index < -0.39 is 12.0 Å². The largest absolute Gasteiger partial charge is 0.493 e. The number of allylic oxidation sites excluding steroid dienone is 1. The monoisotopic (exact) mass is 532 g/mol. The number of nitrogens with zero attached hydrogens (tertiary/aromatic N) is 2. The lowest BCUT2D eigenvalue weighted by atomic mass is 9.95. The summed E-state index contributed by atoms with van der Waals surface area (Å²) in [4.78, 5) is 31.6. The standard InChI is InChI=1S/C23H21BrN2O6S/c1-5-31-22(28)19-12(2)25-23-26(21(27)18(33-23)9-13-7-6-8-32-13)20(19)14-10-16(29-3)17(30-4)11-15(14)24/h6-11,20H,5H2,1-4H3/b18-9-/t20-/m0/s1. The molecule has 1 aliphatic heterocycles. The summed E-state index contributed by atoms with van der Waals surface area (Å²) in [6.45, 7) is 3.66. The maximum absolute atomic E-state index is 13.5. The Morgan fingerprint density at radius 2 is 2.03 bits per heavy atom. The van der Waals surface area contributed by atoms with Crippen molar-refractivity contribution in [3.63, 3.8) is 0 Å². The summed E-state index contributed by atoms with van der Waals surface area (Å²) in [6.07, 6.45) is 3.20. The van der Waals surface area contributed by atoms with Crippen LogP contribution in [0, 0.1) is 0 Å². The molecule has 0 N–H and O–H groups in total. The highest BCUT2D eigenvalue weighted by Gasteiger charge is 2.35. The van der Waals surface area contributed by atoms with E-state index >= 15 is 0 Å². The van der Waals surface area contributed by atoms with Crippen LogP contribution in [-0.4, -0.2) is 31.4 Å². The zero-order chi connectivity index (χ0) is 23.7. The van der Waals surface area contributed by atoms with Gasteiger partial charge in [-0.05, 0) is 43.7 Å². The van der Waals surface area contributed by atoms with Gasteiger partial charge in [0.05, 0.1) is 48.9 Å². The van der Waals surface area contributed by atoms with Crippen molar-refractivity contribution in [2.45, 2.75) is 19.9 Å². The zero-order valence-electron chi connectivity index (χ0n) is 18.4. The van der Waals surface area contributed by atoms with Crippen molar-refractivity contribution >= 4 is 39.3 Å². The molecule has 4 rings (SSSR count). The Labute approximate surface area is 201 Å². The van der Waals surface area contributed by atoms with Crippen LogP contribution in [0.4, 0.5) is 0 Å². The Morgan fingerprint density at radius 1 is 1.30 bits per heavy atom. The molecule has 0 saturated carbocycles. The van der Waals surface area contributed by atoms with Gasteiger partial charge in [-0.1, -0.05) is 27.3 Å². The number of carbonyl (C=O) groups is 1. The Bertz CT molecular complexity index is 1420. The molecule has 0 bridgehead atoms. The number of aromatic nitrogens is 1. The summed E-state index contributed by atoms with van der Waals surface area (Å²) >= 11 is 4.80. The number of halogens is 1. The van der Waals surface area contributed by atoms with Gasteiger partial charge in [0.2, 0.25) is 0 Å². The van der Waals surface area contributed by atoms with E-state index in [0.29, 0.717) is 42.3 Å². The van der Waals surface area contributed by atoms with Crippen LogP contribution in [0.5, 0.6) is 11.5 Å². The summed E-state index contributed by atoms with van der Waals surface area (Å²) in [5, 5.41) is 0. The van der Waals surface area contributed by atoms with E-state index in [1.165, 1.54) is 36.4 Å². The quantitative estimate of drug-likeness (QED) is 0.452. The van der Waals surface area contributed by atoms with Gasteiger partial charge in [0, 0.05) is 10.5 Å². The predicted molar refractivity (Wildman–Crippen MR) is 126 cm³/mol. The molecule has 1 aromatic carbocycles. The number of thiazole rings is 1. The van der Waals surface area contributed by atoms with Crippen LogP contribution in [0.25, 0.3) is 6.08 Å². The number of ether oxygens (including phenoxy) is 3. The third-order valence-corrected chi connectivity index (χ3v) is 6.80. The fourth-order valence-electron chi connectivity index (χ4n) is 3.67. The predicted octanol–water partition coefficient (Wildman–Crippen LogP) is 3.17. The van der Waals surface area contributed by atoms with Crippen LogP contribution >= 0.6 is 27.3 Å². The number of esters is 1. The molecule has 0 unspecified atom stereocenters. The van der Waals surface area contributed by atoms with Gasteiger partial charge in [0.15, 0.2) is 16.3 Å². The minimum atomic E-state index is -0.784. The van der Waals surface area contributed by atoms with E-state index in [1.807, 2.05) is 0 Å². The van der Waals surface area contributed by atoms with Crippen molar-refractivity contribution in [2.75, 3.05) is 20.8 Å². The molecular formula is C23H21BrN2O6S. The normalized spacial score (nSPS) is 15.8. The molecule has 2 aromatic heterocycles. The molecule has 33 heavy (non-hydrogen) atoms. The third kappa shape index (κ3) is 4.16. The lowest BCUT2D eigenvalue weighted by Gasteiger charge is -2.26. The summed E-state index contributed by atoms with van der Waals surface area (Å²) in [7, 11) is 3.06. The number of fused-ring (bicyclic) bond motifs is 1. The second kappa shape index (κ2) is 9.40. The molecule has 0 aliphatic carbocycles. The molecule has 3 heterocycles. The van der Waals surface area contributed by atoms with Gasteiger partial charge in [-0.25, -0.2) is 9.79 Å². The van der Waals surface area contributed by atoms with Gasteiger partial charge in [0.25, 0.3) is 5.56 Å². The molecule has 0 amide bonds. The lowest BCUT2D eigenvalue weighted by molar-refractivity contribution is -0.139. The van der Waals surface area contributed by atoms with Crippen LogP contribution in [0.3, 0.4) is 0 Å². The highest BCUT2D eigenvalue weighted by Crippen LogP contribution is 2.40. The molecule has 10 heteroatoms. The topological polar surface area (TPSA) is 92.3 Å². The van der Waals surface area contributed by atoms with Crippen molar-refractivity contribution in [3.05, 3.63) is 77.3 Å². The number of furan rings is 1. The number of rotatable bonds is 6. The molecule has 8 nitrogen and oxygen atoms in total. The SMILES string of the molecule is CCOC(=O)C1=C(C)N=c2s/c(=C\c3ccco3)c(=O)n2[C@H]1c1cc(OC)c(OC)cc1Br. The number of hydrogen-bond acceptors (Lipinski definition) is 8. The first kappa shape index (κ1) is 23.1. The molecule has 3 aromatic rings. The first-order chi connectivity index (χ1) is 15.9. The van der Waals surface area contributed by atoms with Crippen molar-refractivity contribution in [1.82, 2.24) is 4.57 Å². The lowest BCUT2D eigenvalue weighted by Crippen LogP contribution is -2.40. The van der Waals surface area contributed by atoms with Crippen LogP contribution < -0.4 is 24.4 Å². The molecule has 172 valence electrons.